The number of hydrogen-bond donors (Lipinski definition) is 1. The minimum atomic E-state index is -1.22. The lowest BCUT2D eigenvalue weighted by molar-refractivity contribution is -0.128. The van der Waals surface area contributed by atoms with Gasteiger partial charge in [0, 0.05) is 11.1 Å². The molecule has 0 bridgehead atoms. The average molecular weight is 359 g/mol. The van der Waals surface area contributed by atoms with Crippen molar-refractivity contribution in [3.8, 4) is 11.3 Å². The summed E-state index contributed by atoms with van der Waals surface area (Å²) in [6, 6.07) is 9.66. The van der Waals surface area contributed by atoms with E-state index in [4.69, 9.17) is 9.15 Å². The molecule has 136 valence electrons. The quantitative estimate of drug-likeness (QED) is 0.645. The van der Waals surface area contributed by atoms with Crippen molar-refractivity contribution in [1.29, 1.82) is 0 Å². The second-order valence-electron chi connectivity index (χ2n) is 5.33. The Kier molecular flexibility index (Phi) is 5.90. The van der Waals surface area contributed by atoms with Crippen molar-refractivity contribution in [3.63, 3.8) is 0 Å². The number of nitrogens with one attached hydrogen (secondary N) is 1. The highest BCUT2D eigenvalue weighted by Crippen LogP contribution is 2.23. The van der Waals surface area contributed by atoms with Crippen molar-refractivity contribution in [2.24, 2.45) is 0 Å². The number of alkyl carbamates (subject to hydrolysis) is 1. The van der Waals surface area contributed by atoms with Crippen LogP contribution in [0.5, 0.6) is 0 Å². The van der Waals surface area contributed by atoms with E-state index in [-0.39, 0.29) is 11.5 Å². The van der Waals surface area contributed by atoms with Gasteiger partial charge in [-0.1, -0.05) is 24.3 Å². The molecule has 0 aliphatic rings. The third kappa shape index (κ3) is 4.56. The van der Waals surface area contributed by atoms with Gasteiger partial charge in [-0.3, -0.25) is 14.9 Å². The number of carbonyl (C=O) groups excluding carboxylic acids is 4. The molecule has 1 aromatic heterocycles. The van der Waals surface area contributed by atoms with Crippen LogP contribution in [0.2, 0.25) is 0 Å². The van der Waals surface area contributed by atoms with Crippen LogP contribution < -0.4 is 5.32 Å². The molecule has 2 rings (SSSR count). The first-order chi connectivity index (χ1) is 12.3. The Bertz CT molecular complexity index is 835. The summed E-state index contributed by atoms with van der Waals surface area (Å²) >= 11 is 0. The summed E-state index contributed by atoms with van der Waals surface area (Å²) in [4.78, 5) is 46.0. The molecule has 0 saturated heterocycles. The molecule has 26 heavy (non-hydrogen) atoms. The van der Waals surface area contributed by atoms with Crippen molar-refractivity contribution in [2.75, 3.05) is 7.11 Å². The maximum absolute atomic E-state index is 12.0. The molecule has 0 aliphatic carbocycles. The molecular formula is C18H17NO7. The van der Waals surface area contributed by atoms with Gasteiger partial charge in [0.2, 0.25) is 5.76 Å². The first-order valence-corrected chi connectivity index (χ1v) is 7.63. The summed E-state index contributed by atoms with van der Waals surface area (Å²) in [6.45, 7) is 2.77. The number of methoxy groups -OCH3 is 1. The van der Waals surface area contributed by atoms with Crippen molar-refractivity contribution in [3.05, 3.63) is 47.7 Å². The van der Waals surface area contributed by atoms with Gasteiger partial charge >= 0.3 is 12.1 Å². The Morgan fingerprint density at radius 3 is 2.27 bits per heavy atom. The summed E-state index contributed by atoms with van der Waals surface area (Å²) in [7, 11) is 1.10. The van der Waals surface area contributed by atoms with Gasteiger partial charge in [-0.05, 0) is 26.0 Å². The highest BCUT2D eigenvalue weighted by molar-refractivity contribution is 5.96. The van der Waals surface area contributed by atoms with E-state index in [1.54, 1.807) is 30.3 Å². The summed E-state index contributed by atoms with van der Waals surface area (Å²) in [5.74, 6) is -1.44. The normalized spacial score (nSPS) is 11.3. The van der Waals surface area contributed by atoms with Crippen molar-refractivity contribution < 1.29 is 33.1 Å². The molecular weight excluding hydrogens is 342 g/mol. The summed E-state index contributed by atoms with van der Waals surface area (Å²) < 4.78 is 14.7. The fourth-order valence-electron chi connectivity index (χ4n) is 2.00. The number of Topliss-reactive ketones (excluding diaryl/α,β-unsaturated/α-hetero) is 1. The van der Waals surface area contributed by atoms with Crippen molar-refractivity contribution in [1.82, 2.24) is 5.32 Å². The van der Waals surface area contributed by atoms with Crippen molar-refractivity contribution in [2.45, 2.75) is 20.0 Å². The van der Waals surface area contributed by atoms with Crippen LogP contribution in [0.3, 0.4) is 0 Å². The smallest absolute Gasteiger partial charge is 0.413 e. The standard InChI is InChI=1S/C18H17NO7/c1-10(20)12-4-6-13(7-5-12)14-8-9-15(26-14)17(22)25-11(2)16(21)19-18(23)24-3/h4-9,11H,1-3H3,(H,19,21,23)/t11-/m0/s1. The zero-order valence-electron chi connectivity index (χ0n) is 14.4. The Hall–Kier alpha value is -3.42. The molecule has 1 N–H and O–H groups in total. The number of amides is 2. The molecule has 1 atom stereocenters. The Balaban J connectivity index is 2.04. The molecule has 1 heterocycles. The maximum atomic E-state index is 12.0. The molecule has 8 heteroatoms. The van der Waals surface area contributed by atoms with Crippen LogP contribution in [0.1, 0.15) is 34.8 Å². The van der Waals surface area contributed by atoms with Crippen molar-refractivity contribution >= 4 is 23.8 Å². The molecule has 2 amide bonds. The molecule has 0 unspecified atom stereocenters. The monoisotopic (exact) mass is 359 g/mol. The van der Waals surface area contributed by atoms with E-state index in [0.29, 0.717) is 16.9 Å². The first kappa shape index (κ1) is 18.9. The number of carbonyl (C=O) groups is 4. The zero-order valence-corrected chi connectivity index (χ0v) is 14.4. The predicted octanol–water partition coefficient (Wildman–Crippen LogP) is 2.58. The molecule has 2 aromatic rings. The van der Waals surface area contributed by atoms with Gasteiger partial charge in [-0.15, -0.1) is 0 Å². The number of esters is 1. The largest absolute Gasteiger partial charge is 0.453 e. The van der Waals surface area contributed by atoms with E-state index < -0.39 is 24.1 Å². The fraction of sp³-hybridized carbons (Fsp3) is 0.222. The molecule has 0 aliphatic heterocycles. The van der Waals surface area contributed by atoms with Crippen LogP contribution in [0.4, 0.5) is 4.79 Å². The predicted molar refractivity (Wildman–Crippen MR) is 89.6 cm³/mol. The highest BCUT2D eigenvalue weighted by Gasteiger charge is 2.23. The van der Waals surface area contributed by atoms with E-state index >= 15 is 0 Å². The second-order valence-corrected chi connectivity index (χ2v) is 5.33. The second kappa shape index (κ2) is 8.11. The fourth-order valence-corrected chi connectivity index (χ4v) is 2.00. The number of rotatable bonds is 5. The Morgan fingerprint density at radius 1 is 1.04 bits per heavy atom. The number of benzene rings is 1. The van der Waals surface area contributed by atoms with Gasteiger partial charge < -0.3 is 13.9 Å². The lowest BCUT2D eigenvalue weighted by atomic mass is 10.1. The van der Waals surface area contributed by atoms with E-state index in [9.17, 15) is 19.2 Å². The minimum Gasteiger partial charge on any atom is -0.453 e. The molecule has 1 aromatic carbocycles. The first-order valence-electron chi connectivity index (χ1n) is 7.63. The van der Waals surface area contributed by atoms with Gasteiger partial charge in [0.05, 0.1) is 7.11 Å². The number of furan rings is 1. The minimum absolute atomic E-state index is 0.0560. The van der Waals surface area contributed by atoms with Crippen LogP contribution in [-0.4, -0.2) is 37.0 Å². The lowest BCUT2D eigenvalue weighted by Crippen LogP contribution is -2.39. The van der Waals surface area contributed by atoms with E-state index in [1.807, 2.05) is 5.32 Å². The summed E-state index contributed by atoms with van der Waals surface area (Å²) in [6.07, 6.45) is -2.17. The topological polar surface area (TPSA) is 112 Å². The molecule has 0 radical (unpaired) electrons. The summed E-state index contributed by atoms with van der Waals surface area (Å²) in [5.41, 5.74) is 1.23. The maximum Gasteiger partial charge on any atom is 0.413 e. The van der Waals surface area contributed by atoms with Crippen LogP contribution >= 0.6 is 0 Å². The van der Waals surface area contributed by atoms with Crippen LogP contribution in [-0.2, 0) is 14.3 Å². The third-order valence-electron chi connectivity index (χ3n) is 3.45. The average Bonchev–Trinajstić information content (AvgIpc) is 3.11. The number of hydrogen-bond acceptors (Lipinski definition) is 7. The zero-order chi connectivity index (χ0) is 19.3. The van der Waals surface area contributed by atoms with E-state index in [1.165, 1.54) is 19.9 Å². The van der Waals surface area contributed by atoms with Crippen LogP contribution in [0.15, 0.2) is 40.8 Å². The Morgan fingerprint density at radius 2 is 1.69 bits per heavy atom. The summed E-state index contributed by atoms with van der Waals surface area (Å²) in [5, 5.41) is 1.90. The Labute approximate surface area is 149 Å². The number of ketones is 1. The number of ether oxygens (including phenoxy) is 2. The molecule has 0 saturated carbocycles. The molecule has 0 spiro atoms. The van der Waals surface area contributed by atoms with Gasteiger partial charge in [0.15, 0.2) is 11.9 Å². The van der Waals surface area contributed by atoms with Gasteiger partial charge in [-0.25, -0.2) is 9.59 Å². The SMILES string of the molecule is COC(=O)NC(=O)[C@H](C)OC(=O)c1ccc(-c2ccc(C(C)=O)cc2)o1. The van der Waals surface area contributed by atoms with Gasteiger partial charge in [0.25, 0.3) is 5.91 Å². The molecule has 0 fully saturated rings. The van der Waals surface area contributed by atoms with E-state index in [0.717, 1.165) is 7.11 Å². The van der Waals surface area contributed by atoms with Gasteiger partial charge in [0.1, 0.15) is 5.76 Å². The van der Waals surface area contributed by atoms with Crippen LogP contribution in [0, 0.1) is 0 Å². The van der Waals surface area contributed by atoms with Crippen LogP contribution in [0.25, 0.3) is 11.3 Å². The third-order valence-corrected chi connectivity index (χ3v) is 3.45. The van der Waals surface area contributed by atoms with Gasteiger partial charge in [-0.2, -0.15) is 0 Å². The molecule has 8 nitrogen and oxygen atoms in total. The van der Waals surface area contributed by atoms with E-state index in [2.05, 4.69) is 4.74 Å². The number of imide groups is 1. The highest BCUT2D eigenvalue weighted by atomic mass is 16.6. The lowest BCUT2D eigenvalue weighted by Gasteiger charge is -2.11.